The van der Waals surface area contributed by atoms with Gasteiger partial charge in [-0.05, 0) is 33.4 Å². The van der Waals surface area contributed by atoms with Crippen molar-refractivity contribution in [3.63, 3.8) is 0 Å². The number of likely N-dealkylation sites (N-methyl/N-ethyl adjacent to an activating group) is 1. The van der Waals surface area contributed by atoms with Crippen molar-refractivity contribution >= 4 is 23.3 Å². The minimum Gasteiger partial charge on any atom is -0.477 e. The summed E-state index contributed by atoms with van der Waals surface area (Å²) in [7, 11) is 2.04. The van der Waals surface area contributed by atoms with E-state index in [1.165, 1.54) is 0 Å². The number of nitrogens with zero attached hydrogens (tertiary/aromatic N) is 2. The molecule has 1 aliphatic heterocycles. The highest BCUT2D eigenvalue weighted by atomic mass is 32.1. The van der Waals surface area contributed by atoms with E-state index >= 15 is 0 Å². The van der Waals surface area contributed by atoms with Gasteiger partial charge in [-0.3, -0.25) is 0 Å². The molecule has 0 spiro atoms. The summed E-state index contributed by atoms with van der Waals surface area (Å²) in [5.41, 5.74) is 0.485. The summed E-state index contributed by atoms with van der Waals surface area (Å²) in [4.78, 5) is 29.3. The van der Waals surface area contributed by atoms with Crippen molar-refractivity contribution in [2.45, 2.75) is 32.4 Å². The largest absolute Gasteiger partial charge is 0.477 e. The van der Waals surface area contributed by atoms with Crippen LogP contribution in [0.5, 0.6) is 0 Å². The van der Waals surface area contributed by atoms with Gasteiger partial charge in [0.1, 0.15) is 9.88 Å². The summed E-state index contributed by atoms with van der Waals surface area (Å²) in [6.07, 6.45) is 2.06. The Labute approximate surface area is 127 Å². The lowest BCUT2D eigenvalue weighted by atomic mass is 10.1. The van der Waals surface area contributed by atoms with Crippen molar-refractivity contribution in [1.82, 2.24) is 20.5 Å². The highest BCUT2D eigenvalue weighted by Crippen LogP contribution is 2.17. The van der Waals surface area contributed by atoms with Crippen molar-refractivity contribution in [2.24, 2.45) is 0 Å². The Morgan fingerprint density at radius 2 is 2.29 bits per heavy atom. The van der Waals surface area contributed by atoms with E-state index in [0.29, 0.717) is 10.7 Å². The molecule has 0 radical (unpaired) electrons. The number of nitrogens with one attached hydrogen (secondary N) is 2. The zero-order valence-electron chi connectivity index (χ0n) is 12.2. The monoisotopic (exact) mass is 312 g/mol. The van der Waals surface area contributed by atoms with Crippen molar-refractivity contribution < 1.29 is 14.7 Å². The third kappa shape index (κ3) is 4.40. The maximum absolute atomic E-state index is 11.8. The number of aryl methyl sites for hydroxylation is 1. The lowest BCUT2D eigenvalue weighted by Gasteiger charge is -2.30. The predicted octanol–water partition coefficient (Wildman–Crippen LogP) is 1.04. The molecular formula is C13H20N4O3S. The lowest BCUT2D eigenvalue weighted by molar-refractivity contribution is 0.0701. The molecule has 1 aromatic rings. The highest BCUT2D eigenvalue weighted by Gasteiger charge is 2.19. The van der Waals surface area contributed by atoms with Crippen LogP contribution in [0.15, 0.2) is 0 Å². The van der Waals surface area contributed by atoms with Gasteiger partial charge in [-0.2, -0.15) is 0 Å². The van der Waals surface area contributed by atoms with Crippen LogP contribution in [-0.4, -0.2) is 53.2 Å². The van der Waals surface area contributed by atoms with E-state index in [9.17, 15) is 9.59 Å². The Kier molecular flexibility index (Phi) is 5.13. The number of piperidine rings is 1. The average molecular weight is 312 g/mol. The van der Waals surface area contributed by atoms with Gasteiger partial charge >= 0.3 is 12.0 Å². The number of carboxylic acid groups (broad SMARTS) is 1. The molecule has 1 aromatic heterocycles. The van der Waals surface area contributed by atoms with Gasteiger partial charge in [0.15, 0.2) is 0 Å². The Balaban J connectivity index is 1.81. The van der Waals surface area contributed by atoms with E-state index < -0.39 is 5.97 Å². The summed E-state index contributed by atoms with van der Waals surface area (Å²) in [5, 5.41) is 15.2. The number of urea groups is 1. The number of hydrogen-bond donors (Lipinski definition) is 3. The lowest BCUT2D eigenvalue weighted by Crippen LogP contribution is -2.49. The SMILES string of the molecule is Cc1nc(CNC(=O)NC2CCCN(C)C2)sc1C(=O)O. The van der Waals surface area contributed by atoms with Crippen LogP contribution in [0.2, 0.25) is 0 Å². The molecule has 0 aliphatic carbocycles. The summed E-state index contributed by atoms with van der Waals surface area (Å²) in [5.74, 6) is -0.981. The summed E-state index contributed by atoms with van der Waals surface area (Å²) >= 11 is 1.09. The molecule has 21 heavy (non-hydrogen) atoms. The molecule has 116 valence electrons. The molecule has 1 saturated heterocycles. The molecule has 0 bridgehead atoms. The van der Waals surface area contributed by atoms with Gasteiger partial charge in [0.05, 0.1) is 12.2 Å². The van der Waals surface area contributed by atoms with Crippen molar-refractivity contribution in [2.75, 3.05) is 20.1 Å². The first-order chi connectivity index (χ1) is 9.95. The molecule has 7 nitrogen and oxygen atoms in total. The molecule has 1 atom stereocenters. The first kappa shape index (κ1) is 15.7. The fraction of sp³-hybridized carbons (Fsp3) is 0.615. The van der Waals surface area contributed by atoms with E-state index in [1.54, 1.807) is 6.92 Å². The summed E-state index contributed by atoms with van der Waals surface area (Å²) in [6, 6.07) is -0.0728. The molecular weight excluding hydrogens is 292 g/mol. The third-order valence-electron chi connectivity index (χ3n) is 3.40. The zero-order valence-corrected chi connectivity index (χ0v) is 13.0. The average Bonchev–Trinajstić information content (AvgIpc) is 2.78. The number of rotatable bonds is 4. The van der Waals surface area contributed by atoms with Crippen molar-refractivity contribution in [3.05, 3.63) is 15.6 Å². The normalized spacial score (nSPS) is 19.2. The molecule has 1 unspecified atom stereocenters. The van der Waals surface area contributed by atoms with E-state index in [2.05, 4.69) is 20.5 Å². The Bertz CT molecular complexity index is 531. The zero-order chi connectivity index (χ0) is 15.4. The van der Waals surface area contributed by atoms with Gasteiger partial charge in [0.25, 0.3) is 0 Å². The van der Waals surface area contributed by atoms with Gasteiger partial charge in [-0.15, -0.1) is 11.3 Å². The van der Waals surface area contributed by atoms with Gasteiger partial charge in [-0.25, -0.2) is 14.6 Å². The molecule has 3 N–H and O–H groups in total. The van der Waals surface area contributed by atoms with Crippen LogP contribution in [0.25, 0.3) is 0 Å². The second-order valence-electron chi connectivity index (χ2n) is 5.26. The van der Waals surface area contributed by atoms with Gasteiger partial charge in [-0.1, -0.05) is 0 Å². The number of aromatic nitrogens is 1. The Morgan fingerprint density at radius 3 is 2.90 bits per heavy atom. The number of carbonyl (C=O) groups is 2. The molecule has 1 aliphatic rings. The fourth-order valence-corrected chi connectivity index (χ4v) is 3.25. The first-order valence-electron chi connectivity index (χ1n) is 6.88. The molecule has 0 aromatic carbocycles. The number of likely N-dealkylation sites (tertiary alicyclic amines) is 1. The predicted molar refractivity (Wildman–Crippen MR) is 79.7 cm³/mol. The van der Waals surface area contributed by atoms with Crippen LogP contribution in [0.4, 0.5) is 4.79 Å². The summed E-state index contributed by atoms with van der Waals surface area (Å²) in [6.45, 7) is 3.82. The maximum atomic E-state index is 11.8. The number of carbonyl (C=O) groups excluding carboxylic acids is 1. The number of aromatic carboxylic acids is 1. The van der Waals surface area contributed by atoms with Crippen LogP contribution < -0.4 is 10.6 Å². The minimum atomic E-state index is -0.981. The quantitative estimate of drug-likeness (QED) is 0.772. The second kappa shape index (κ2) is 6.86. The first-order valence-corrected chi connectivity index (χ1v) is 7.70. The van der Waals surface area contributed by atoms with Crippen LogP contribution in [-0.2, 0) is 6.54 Å². The van der Waals surface area contributed by atoms with E-state index in [4.69, 9.17) is 5.11 Å². The van der Waals surface area contributed by atoms with Gasteiger partial charge in [0.2, 0.25) is 0 Å². The van der Waals surface area contributed by atoms with E-state index in [-0.39, 0.29) is 23.5 Å². The molecule has 2 amide bonds. The number of hydrogen-bond acceptors (Lipinski definition) is 5. The fourth-order valence-electron chi connectivity index (χ4n) is 2.40. The Hall–Kier alpha value is -1.67. The molecule has 0 saturated carbocycles. The second-order valence-corrected chi connectivity index (χ2v) is 6.34. The highest BCUT2D eigenvalue weighted by molar-refractivity contribution is 7.13. The third-order valence-corrected chi connectivity index (χ3v) is 4.54. The number of amides is 2. The van der Waals surface area contributed by atoms with Crippen LogP contribution in [0.1, 0.15) is 33.2 Å². The van der Waals surface area contributed by atoms with Crippen LogP contribution in [0.3, 0.4) is 0 Å². The van der Waals surface area contributed by atoms with Crippen molar-refractivity contribution in [1.29, 1.82) is 0 Å². The van der Waals surface area contributed by atoms with Crippen LogP contribution in [0, 0.1) is 6.92 Å². The van der Waals surface area contributed by atoms with Crippen LogP contribution >= 0.6 is 11.3 Å². The summed E-state index contributed by atoms with van der Waals surface area (Å²) < 4.78 is 0. The van der Waals surface area contributed by atoms with E-state index in [0.717, 1.165) is 37.3 Å². The number of thiazole rings is 1. The van der Waals surface area contributed by atoms with Gasteiger partial charge in [0, 0.05) is 12.6 Å². The Morgan fingerprint density at radius 1 is 1.52 bits per heavy atom. The minimum absolute atomic E-state index is 0.163. The van der Waals surface area contributed by atoms with Gasteiger partial charge < -0.3 is 20.6 Å². The smallest absolute Gasteiger partial charge is 0.347 e. The van der Waals surface area contributed by atoms with E-state index in [1.807, 2.05) is 7.05 Å². The van der Waals surface area contributed by atoms with Crippen molar-refractivity contribution in [3.8, 4) is 0 Å². The molecule has 8 heteroatoms. The molecule has 2 heterocycles. The maximum Gasteiger partial charge on any atom is 0.347 e. The standard InChI is InChI=1S/C13H20N4O3S/c1-8-11(12(18)19)21-10(15-8)6-14-13(20)16-9-4-3-5-17(2)7-9/h9H,3-7H2,1-2H3,(H,18,19)(H2,14,16,20). The molecule has 2 rings (SSSR count). The molecule has 1 fully saturated rings. The topological polar surface area (TPSA) is 94.6 Å². The number of carboxylic acids is 1.